The Morgan fingerprint density at radius 3 is 2.76 bits per heavy atom. The van der Waals surface area contributed by atoms with Crippen LogP contribution in [0.3, 0.4) is 0 Å². The molecule has 0 aliphatic carbocycles. The van der Waals surface area contributed by atoms with E-state index in [2.05, 4.69) is 0 Å². The molecule has 1 aliphatic rings. The van der Waals surface area contributed by atoms with Crippen LogP contribution in [0, 0.1) is 5.82 Å². The lowest BCUT2D eigenvalue weighted by Crippen LogP contribution is -2.35. The number of hydrogen-bond acceptors (Lipinski definition) is 3. The first-order valence-corrected chi connectivity index (χ1v) is 7.76. The minimum atomic E-state index is -0.734. The van der Waals surface area contributed by atoms with Gasteiger partial charge in [0.05, 0.1) is 0 Å². The maximum absolute atomic E-state index is 12.9. The topological polar surface area (TPSA) is 40.5 Å². The minimum absolute atomic E-state index is 0.239. The summed E-state index contributed by atoms with van der Waals surface area (Å²) in [6.45, 7) is 1.50. The summed E-state index contributed by atoms with van der Waals surface area (Å²) in [7, 11) is 0. The molecule has 110 valence electrons. The number of halogens is 1. The van der Waals surface area contributed by atoms with Crippen LogP contribution in [-0.2, 0) is 11.3 Å². The third-order valence-electron chi connectivity index (χ3n) is 3.80. The number of hydrogen-bond donors (Lipinski definition) is 1. The maximum Gasteiger partial charge on any atom is 0.320 e. The first kappa shape index (κ1) is 14.2. The average molecular weight is 305 g/mol. The van der Waals surface area contributed by atoms with E-state index in [0.29, 0.717) is 6.54 Å². The number of benzene rings is 1. The van der Waals surface area contributed by atoms with Gasteiger partial charge in [0, 0.05) is 16.3 Å². The smallest absolute Gasteiger partial charge is 0.320 e. The molecule has 1 aromatic heterocycles. The molecule has 1 fully saturated rings. The van der Waals surface area contributed by atoms with Crippen LogP contribution in [0.4, 0.5) is 4.39 Å². The van der Waals surface area contributed by atoms with Crippen LogP contribution in [-0.4, -0.2) is 28.6 Å². The Bertz CT molecular complexity index is 638. The number of rotatable bonds is 4. The van der Waals surface area contributed by atoms with Crippen molar-refractivity contribution in [2.24, 2.45) is 0 Å². The highest BCUT2D eigenvalue weighted by molar-refractivity contribution is 7.15. The minimum Gasteiger partial charge on any atom is -0.480 e. The Hall–Kier alpha value is -1.72. The Labute approximate surface area is 126 Å². The van der Waals surface area contributed by atoms with E-state index in [0.717, 1.165) is 34.7 Å². The van der Waals surface area contributed by atoms with Gasteiger partial charge in [-0.25, -0.2) is 4.39 Å². The Morgan fingerprint density at radius 2 is 2.05 bits per heavy atom. The van der Waals surface area contributed by atoms with Crippen LogP contribution in [0.25, 0.3) is 10.4 Å². The van der Waals surface area contributed by atoms with Crippen LogP contribution in [0.5, 0.6) is 0 Å². The normalized spacial score (nSPS) is 19.0. The van der Waals surface area contributed by atoms with E-state index in [-0.39, 0.29) is 11.9 Å². The predicted octanol–water partition coefficient (Wildman–Crippen LogP) is 3.60. The summed E-state index contributed by atoms with van der Waals surface area (Å²) in [6, 6.07) is 10.1. The number of carboxylic acid groups (broad SMARTS) is 1. The lowest BCUT2D eigenvalue weighted by atomic mass is 10.2. The second-order valence-corrected chi connectivity index (χ2v) is 6.41. The molecule has 1 N–H and O–H groups in total. The van der Waals surface area contributed by atoms with Crippen molar-refractivity contribution in [3.8, 4) is 10.4 Å². The van der Waals surface area contributed by atoms with Gasteiger partial charge in [-0.1, -0.05) is 12.1 Å². The summed E-state index contributed by atoms with van der Waals surface area (Å²) < 4.78 is 12.9. The molecule has 21 heavy (non-hydrogen) atoms. The number of nitrogens with zero attached hydrogens (tertiary/aromatic N) is 1. The third kappa shape index (κ3) is 3.14. The van der Waals surface area contributed by atoms with Gasteiger partial charge >= 0.3 is 5.97 Å². The molecular formula is C16H16FNO2S. The molecule has 3 rings (SSSR count). The van der Waals surface area contributed by atoms with Gasteiger partial charge in [-0.15, -0.1) is 11.3 Å². The highest BCUT2D eigenvalue weighted by Crippen LogP contribution is 2.30. The molecule has 1 atom stereocenters. The summed E-state index contributed by atoms with van der Waals surface area (Å²) in [5.41, 5.74) is 0.990. The van der Waals surface area contributed by atoms with E-state index in [1.165, 1.54) is 12.1 Å². The van der Waals surface area contributed by atoms with E-state index in [1.807, 2.05) is 17.0 Å². The molecule has 3 nitrogen and oxygen atoms in total. The predicted molar refractivity (Wildman–Crippen MR) is 80.8 cm³/mol. The molecule has 0 saturated carbocycles. The van der Waals surface area contributed by atoms with Crippen molar-refractivity contribution in [3.05, 3.63) is 47.1 Å². The Morgan fingerprint density at radius 1 is 1.29 bits per heavy atom. The van der Waals surface area contributed by atoms with Crippen molar-refractivity contribution >= 4 is 17.3 Å². The molecule has 0 amide bonds. The molecule has 2 heterocycles. The third-order valence-corrected chi connectivity index (χ3v) is 4.92. The highest BCUT2D eigenvalue weighted by atomic mass is 32.1. The second-order valence-electron chi connectivity index (χ2n) is 5.24. The van der Waals surface area contributed by atoms with Gasteiger partial charge < -0.3 is 5.11 Å². The molecule has 2 aromatic rings. The number of aliphatic carboxylic acids is 1. The summed E-state index contributed by atoms with van der Waals surface area (Å²) >= 11 is 1.64. The maximum atomic E-state index is 12.9. The Kier molecular flexibility index (Phi) is 4.03. The van der Waals surface area contributed by atoms with Crippen LogP contribution in [0.1, 0.15) is 17.7 Å². The molecular weight excluding hydrogens is 289 g/mol. The molecule has 1 saturated heterocycles. The summed E-state index contributed by atoms with van der Waals surface area (Å²) in [6.07, 6.45) is 1.67. The zero-order valence-corrected chi connectivity index (χ0v) is 12.3. The zero-order valence-electron chi connectivity index (χ0n) is 11.5. The number of carbonyl (C=O) groups is 1. The fourth-order valence-electron chi connectivity index (χ4n) is 2.73. The van der Waals surface area contributed by atoms with Crippen LogP contribution in [0.15, 0.2) is 36.4 Å². The summed E-state index contributed by atoms with van der Waals surface area (Å²) in [5.74, 6) is -0.972. The van der Waals surface area contributed by atoms with Gasteiger partial charge in [0.1, 0.15) is 11.9 Å². The zero-order chi connectivity index (χ0) is 14.8. The van der Waals surface area contributed by atoms with E-state index >= 15 is 0 Å². The first-order valence-electron chi connectivity index (χ1n) is 6.95. The van der Waals surface area contributed by atoms with Crippen molar-refractivity contribution in [3.63, 3.8) is 0 Å². The molecule has 1 aromatic carbocycles. The number of thiophene rings is 1. The number of carboxylic acids is 1. The van der Waals surface area contributed by atoms with E-state index in [9.17, 15) is 14.3 Å². The fraction of sp³-hybridized carbons (Fsp3) is 0.312. The molecule has 5 heteroatoms. The van der Waals surface area contributed by atoms with Crippen molar-refractivity contribution < 1.29 is 14.3 Å². The molecule has 0 radical (unpaired) electrons. The van der Waals surface area contributed by atoms with E-state index in [1.54, 1.807) is 23.5 Å². The molecule has 0 spiro atoms. The van der Waals surface area contributed by atoms with Crippen molar-refractivity contribution in [2.75, 3.05) is 6.54 Å². The molecule has 0 bridgehead atoms. The quantitative estimate of drug-likeness (QED) is 0.938. The lowest BCUT2D eigenvalue weighted by Gasteiger charge is -2.19. The fourth-order valence-corrected chi connectivity index (χ4v) is 3.77. The highest BCUT2D eigenvalue weighted by Gasteiger charge is 2.30. The van der Waals surface area contributed by atoms with Gasteiger partial charge in [-0.05, 0) is 49.2 Å². The van der Waals surface area contributed by atoms with Crippen molar-refractivity contribution in [1.29, 1.82) is 0 Å². The van der Waals surface area contributed by atoms with Gasteiger partial charge in [-0.3, -0.25) is 9.69 Å². The van der Waals surface area contributed by atoms with Gasteiger partial charge in [0.25, 0.3) is 0 Å². The van der Waals surface area contributed by atoms with Crippen molar-refractivity contribution in [2.45, 2.75) is 25.4 Å². The van der Waals surface area contributed by atoms with Crippen LogP contribution in [0.2, 0.25) is 0 Å². The summed E-state index contributed by atoms with van der Waals surface area (Å²) in [4.78, 5) is 15.4. The molecule has 1 unspecified atom stereocenters. The standard InChI is InChI=1S/C16H16FNO2S/c17-12-5-3-11(4-6-12)15-8-7-13(21-15)10-18-9-1-2-14(18)16(19)20/h3-8,14H,1-2,9-10H2,(H,19,20). The van der Waals surface area contributed by atoms with Crippen LogP contribution < -0.4 is 0 Å². The van der Waals surface area contributed by atoms with Crippen molar-refractivity contribution in [1.82, 2.24) is 4.90 Å². The van der Waals surface area contributed by atoms with E-state index < -0.39 is 5.97 Å². The average Bonchev–Trinajstić information content (AvgIpc) is 3.09. The largest absolute Gasteiger partial charge is 0.480 e. The monoisotopic (exact) mass is 305 g/mol. The van der Waals surface area contributed by atoms with Gasteiger partial charge in [0.2, 0.25) is 0 Å². The number of likely N-dealkylation sites (tertiary alicyclic amines) is 1. The lowest BCUT2D eigenvalue weighted by molar-refractivity contribution is -0.142. The first-order chi connectivity index (χ1) is 10.1. The SMILES string of the molecule is O=C(O)C1CCCN1Cc1ccc(-c2ccc(F)cc2)s1. The van der Waals surface area contributed by atoms with Gasteiger partial charge in [0.15, 0.2) is 0 Å². The van der Waals surface area contributed by atoms with E-state index in [4.69, 9.17) is 0 Å². The summed E-state index contributed by atoms with van der Waals surface area (Å²) in [5, 5.41) is 9.20. The Balaban J connectivity index is 1.73. The molecule has 1 aliphatic heterocycles. The van der Waals surface area contributed by atoms with Gasteiger partial charge in [-0.2, -0.15) is 0 Å². The second kappa shape index (κ2) is 5.95. The van der Waals surface area contributed by atoms with Crippen LogP contribution >= 0.6 is 11.3 Å².